The van der Waals surface area contributed by atoms with Gasteiger partial charge in [-0.3, -0.25) is 14.4 Å². The molecule has 7 nitrogen and oxygen atoms in total. The van der Waals surface area contributed by atoms with Crippen molar-refractivity contribution in [3.63, 3.8) is 0 Å². The summed E-state index contributed by atoms with van der Waals surface area (Å²) < 4.78 is 5.55. The zero-order valence-electron chi connectivity index (χ0n) is 13.7. The SMILES string of the molecule is CC(=O)NCC1CN(C(=O)c2cc(C(C)C)[nH]c(=O)c2)CCO1. The van der Waals surface area contributed by atoms with Crippen LogP contribution < -0.4 is 10.9 Å². The fourth-order valence-corrected chi connectivity index (χ4v) is 2.47. The molecule has 0 aromatic carbocycles. The van der Waals surface area contributed by atoms with Gasteiger partial charge in [0.1, 0.15) is 0 Å². The summed E-state index contributed by atoms with van der Waals surface area (Å²) in [4.78, 5) is 39.8. The fourth-order valence-electron chi connectivity index (χ4n) is 2.47. The summed E-state index contributed by atoms with van der Waals surface area (Å²) >= 11 is 0. The lowest BCUT2D eigenvalue weighted by Crippen LogP contribution is -2.49. The van der Waals surface area contributed by atoms with Crippen molar-refractivity contribution >= 4 is 11.8 Å². The highest BCUT2D eigenvalue weighted by molar-refractivity contribution is 5.94. The van der Waals surface area contributed by atoms with Crippen LogP contribution in [0.4, 0.5) is 0 Å². The number of ether oxygens (including phenoxy) is 1. The third-order valence-corrected chi connectivity index (χ3v) is 3.74. The average Bonchev–Trinajstić information content (AvgIpc) is 2.51. The van der Waals surface area contributed by atoms with E-state index in [4.69, 9.17) is 4.74 Å². The minimum Gasteiger partial charge on any atom is -0.373 e. The molecule has 2 N–H and O–H groups in total. The molecule has 0 spiro atoms. The van der Waals surface area contributed by atoms with Crippen molar-refractivity contribution in [1.29, 1.82) is 0 Å². The number of nitrogens with one attached hydrogen (secondary N) is 2. The van der Waals surface area contributed by atoms with Crippen molar-refractivity contribution in [3.8, 4) is 0 Å². The number of hydrogen-bond donors (Lipinski definition) is 2. The highest BCUT2D eigenvalue weighted by Gasteiger charge is 2.25. The van der Waals surface area contributed by atoms with E-state index < -0.39 is 0 Å². The molecule has 0 bridgehead atoms. The Labute approximate surface area is 135 Å². The zero-order chi connectivity index (χ0) is 17.0. The van der Waals surface area contributed by atoms with E-state index in [1.807, 2.05) is 13.8 Å². The largest absolute Gasteiger partial charge is 0.373 e. The normalized spacial score (nSPS) is 18.1. The van der Waals surface area contributed by atoms with Crippen LogP contribution in [0.1, 0.15) is 42.7 Å². The molecule has 1 fully saturated rings. The molecule has 1 aliphatic heterocycles. The first-order chi connectivity index (χ1) is 10.9. The van der Waals surface area contributed by atoms with Gasteiger partial charge in [0.25, 0.3) is 5.91 Å². The highest BCUT2D eigenvalue weighted by atomic mass is 16.5. The van der Waals surface area contributed by atoms with Gasteiger partial charge < -0.3 is 19.9 Å². The Morgan fingerprint density at radius 2 is 2.17 bits per heavy atom. The minimum absolute atomic E-state index is 0.131. The van der Waals surface area contributed by atoms with Crippen LogP contribution in [0.25, 0.3) is 0 Å². The number of hydrogen-bond acceptors (Lipinski definition) is 4. The topological polar surface area (TPSA) is 91.5 Å². The van der Waals surface area contributed by atoms with Crippen LogP contribution in [0.15, 0.2) is 16.9 Å². The van der Waals surface area contributed by atoms with E-state index in [1.54, 1.807) is 11.0 Å². The number of aromatic nitrogens is 1. The molecule has 0 radical (unpaired) electrons. The van der Waals surface area contributed by atoms with Crippen LogP contribution in [0.5, 0.6) is 0 Å². The van der Waals surface area contributed by atoms with Crippen molar-refractivity contribution in [2.45, 2.75) is 32.8 Å². The van der Waals surface area contributed by atoms with Gasteiger partial charge in [-0.2, -0.15) is 0 Å². The fraction of sp³-hybridized carbons (Fsp3) is 0.562. The number of pyridine rings is 1. The molecule has 2 heterocycles. The van der Waals surface area contributed by atoms with E-state index in [0.29, 0.717) is 31.8 Å². The molecule has 1 aliphatic rings. The van der Waals surface area contributed by atoms with Crippen molar-refractivity contribution in [2.75, 3.05) is 26.2 Å². The summed E-state index contributed by atoms with van der Waals surface area (Å²) in [5.74, 6) is -0.185. The summed E-state index contributed by atoms with van der Waals surface area (Å²) in [6, 6.07) is 3.05. The third kappa shape index (κ3) is 4.66. The first kappa shape index (κ1) is 17.2. The Hall–Kier alpha value is -2.15. The Balaban J connectivity index is 2.10. The molecule has 1 unspecified atom stereocenters. The Morgan fingerprint density at radius 1 is 1.43 bits per heavy atom. The molecule has 1 atom stereocenters. The molecule has 0 aliphatic carbocycles. The monoisotopic (exact) mass is 321 g/mol. The second kappa shape index (κ2) is 7.41. The molecule has 0 saturated carbocycles. The number of morpholine rings is 1. The molecule has 2 rings (SSSR count). The maximum atomic E-state index is 12.6. The molecule has 7 heteroatoms. The summed E-state index contributed by atoms with van der Waals surface area (Å²) in [5, 5.41) is 2.69. The molecule has 2 amide bonds. The lowest BCUT2D eigenvalue weighted by molar-refractivity contribution is -0.120. The van der Waals surface area contributed by atoms with E-state index in [9.17, 15) is 14.4 Å². The Morgan fingerprint density at radius 3 is 2.83 bits per heavy atom. The van der Waals surface area contributed by atoms with Gasteiger partial charge in [0, 0.05) is 43.9 Å². The Kier molecular flexibility index (Phi) is 5.54. The van der Waals surface area contributed by atoms with E-state index in [0.717, 1.165) is 5.69 Å². The number of aromatic amines is 1. The van der Waals surface area contributed by atoms with Gasteiger partial charge in [0.15, 0.2) is 0 Å². The smallest absolute Gasteiger partial charge is 0.254 e. The van der Waals surface area contributed by atoms with Crippen LogP contribution in [0.3, 0.4) is 0 Å². The van der Waals surface area contributed by atoms with Gasteiger partial charge in [-0.15, -0.1) is 0 Å². The summed E-state index contributed by atoms with van der Waals surface area (Å²) in [6.07, 6.45) is -0.233. The summed E-state index contributed by atoms with van der Waals surface area (Å²) in [5.41, 5.74) is 0.851. The van der Waals surface area contributed by atoms with Gasteiger partial charge in [0.05, 0.1) is 12.7 Å². The third-order valence-electron chi connectivity index (χ3n) is 3.74. The number of amides is 2. The lowest BCUT2D eigenvalue weighted by Gasteiger charge is -2.33. The van der Waals surface area contributed by atoms with Crippen molar-refractivity contribution in [2.24, 2.45) is 0 Å². The van der Waals surface area contributed by atoms with E-state index >= 15 is 0 Å². The summed E-state index contributed by atoms with van der Waals surface area (Å²) in [7, 11) is 0. The molecule has 1 aromatic rings. The molecule has 126 valence electrons. The van der Waals surface area contributed by atoms with Gasteiger partial charge in [0.2, 0.25) is 11.5 Å². The van der Waals surface area contributed by atoms with Crippen LogP contribution in [-0.4, -0.2) is 54.0 Å². The maximum Gasteiger partial charge on any atom is 0.254 e. The number of nitrogens with zero attached hydrogens (tertiary/aromatic N) is 1. The van der Waals surface area contributed by atoms with Gasteiger partial charge >= 0.3 is 0 Å². The summed E-state index contributed by atoms with van der Waals surface area (Å²) in [6.45, 7) is 7.00. The van der Waals surface area contributed by atoms with Crippen molar-refractivity contribution in [1.82, 2.24) is 15.2 Å². The molecular formula is C16H23N3O4. The van der Waals surface area contributed by atoms with Crippen molar-refractivity contribution in [3.05, 3.63) is 33.7 Å². The van der Waals surface area contributed by atoms with E-state index in [-0.39, 0.29) is 29.4 Å². The molecule has 23 heavy (non-hydrogen) atoms. The van der Waals surface area contributed by atoms with Crippen LogP contribution in [-0.2, 0) is 9.53 Å². The van der Waals surface area contributed by atoms with Gasteiger partial charge in [-0.05, 0) is 12.0 Å². The first-order valence-corrected chi connectivity index (χ1v) is 7.76. The maximum absolute atomic E-state index is 12.6. The predicted molar refractivity (Wildman–Crippen MR) is 85.5 cm³/mol. The second-order valence-corrected chi connectivity index (χ2v) is 6.02. The molecule has 1 aromatic heterocycles. The first-order valence-electron chi connectivity index (χ1n) is 7.76. The predicted octanol–water partition coefficient (Wildman–Crippen LogP) is 0.475. The number of rotatable bonds is 4. The molecule has 1 saturated heterocycles. The van der Waals surface area contributed by atoms with Crippen molar-refractivity contribution < 1.29 is 14.3 Å². The van der Waals surface area contributed by atoms with E-state index in [2.05, 4.69) is 10.3 Å². The number of H-pyrrole nitrogens is 1. The van der Waals surface area contributed by atoms with Gasteiger partial charge in [-0.25, -0.2) is 0 Å². The average molecular weight is 321 g/mol. The second-order valence-electron chi connectivity index (χ2n) is 6.02. The van der Waals surface area contributed by atoms with Crippen LogP contribution in [0, 0.1) is 0 Å². The standard InChI is InChI=1S/C16H23N3O4/c1-10(2)14-6-12(7-15(21)18-14)16(22)19-4-5-23-13(9-19)8-17-11(3)20/h6-7,10,13H,4-5,8-9H2,1-3H3,(H,17,20)(H,18,21). The highest BCUT2D eigenvalue weighted by Crippen LogP contribution is 2.14. The quantitative estimate of drug-likeness (QED) is 0.843. The minimum atomic E-state index is -0.275. The zero-order valence-corrected chi connectivity index (χ0v) is 13.7. The number of carbonyl (C=O) groups is 2. The number of carbonyl (C=O) groups excluding carboxylic acids is 2. The van der Waals surface area contributed by atoms with Gasteiger partial charge in [-0.1, -0.05) is 13.8 Å². The van der Waals surface area contributed by atoms with Crippen LogP contribution in [0.2, 0.25) is 0 Å². The Bertz CT molecular complexity index is 638. The molecular weight excluding hydrogens is 298 g/mol. The van der Waals surface area contributed by atoms with E-state index in [1.165, 1.54) is 13.0 Å². The van der Waals surface area contributed by atoms with Crippen LogP contribution >= 0.6 is 0 Å². The lowest BCUT2D eigenvalue weighted by atomic mass is 10.1.